The maximum atomic E-state index is 12.6. The highest BCUT2D eigenvalue weighted by molar-refractivity contribution is 5.92. The monoisotopic (exact) mass is 475 g/mol. The van der Waals surface area contributed by atoms with E-state index < -0.39 is 0 Å². The van der Waals surface area contributed by atoms with E-state index >= 15 is 0 Å². The van der Waals surface area contributed by atoms with E-state index in [1.54, 1.807) is 23.1 Å². The van der Waals surface area contributed by atoms with Crippen LogP contribution in [0.1, 0.15) is 43.6 Å². The van der Waals surface area contributed by atoms with E-state index in [9.17, 15) is 9.59 Å². The normalized spacial score (nSPS) is 11.1. The van der Waals surface area contributed by atoms with Gasteiger partial charge in [-0.15, -0.1) is 0 Å². The first-order valence-electron chi connectivity index (χ1n) is 11.6. The number of amides is 1. The molecule has 35 heavy (non-hydrogen) atoms. The molecule has 2 aromatic carbocycles. The van der Waals surface area contributed by atoms with Crippen LogP contribution in [0, 0.1) is 6.92 Å². The summed E-state index contributed by atoms with van der Waals surface area (Å²) in [6.45, 7) is 7.87. The van der Waals surface area contributed by atoms with E-state index in [0.717, 1.165) is 17.5 Å². The molecule has 1 N–H and O–H groups in total. The molecule has 0 aliphatic rings. The summed E-state index contributed by atoms with van der Waals surface area (Å²) in [5.41, 5.74) is 2.77. The molecule has 0 atom stereocenters. The van der Waals surface area contributed by atoms with Crippen LogP contribution in [0.5, 0.6) is 11.5 Å². The van der Waals surface area contributed by atoms with E-state index in [0.29, 0.717) is 28.7 Å². The Morgan fingerprint density at radius 2 is 1.89 bits per heavy atom. The van der Waals surface area contributed by atoms with Gasteiger partial charge in [0.1, 0.15) is 24.4 Å². The summed E-state index contributed by atoms with van der Waals surface area (Å²) in [6.07, 6.45) is 2.42. The largest absolute Gasteiger partial charge is 0.487 e. The summed E-state index contributed by atoms with van der Waals surface area (Å²) in [7, 11) is 0. The fourth-order valence-electron chi connectivity index (χ4n) is 3.67. The number of carbonyl (C=O) groups excluding carboxylic acids is 1. The van der Waals surface area contributed by atoms with Gasteiger partial charge in [-0.3, -0.25) is 14.3 Å². The SMILES string of the molecule is CCc1ccccc1OCC(=O)Nc1ccc(C)c(OCc2cc(=O)n3c(ncn3C(C)C)n2)c1. The van der Waals surface area contributed by atoms with Crippen molar-refractivity contribution in [1.29, 1.82) is 0 Å². The lowest BCUT2D eigenvalue weighted by Crippen LogP contribution is -2.23. The number of aromatic nitrogens is 4. The lowest BCUT2D eigenvalue weighted by atomic mass is 10.1. The van der Waals surface area contributed by atoms with Gasteiger partial charge in [0.2, 0.25) is 0 Å². The number of rotatable bonds is 9. The fourth-order valence-corrected chi connectivity index (χ4v) is 3.67. The van der Waals surface area contributed by atoms with Gasteiger partial charge in [-0.05, 0) is 50.5 Å². The van der Waals surface area contributed by atoms with Crippen molar-refractivity contribution in [2.75, 3.05) is 11.9 Å². The van der Waals surface area contributed by atoms with Crippen LogP contribution >= 0.6 is 0 Å². The molecule has 9 nitrogen and oxygen atoms in total. The second-order valence-electron chi connectivity index (χ2n) is 8.48. The van der Waals surface area contributed by atoms with Crippen molar-refractivity contribution in [3.05, 3.63) is 82.0 Å². The summed E-state index contributed by atoms with van der Waals surface area (Å²) in [5.74, 6) is 1.34. The number of carbonyl (C=O) groups is 1. The van der Waals surface area contributed by atoms with Gasteiger partial charge in [-0.2, -0.15) is 9.50 Å². The zero-order valence-electron chi connectivity index (χ0n) is 20.3. The molecule has 2 aromatic heterocycles. The van der Waals surface area contributed by atoms with Gasteiger partial charge in [0.25, 0.3) is 17.2 Å². The van der Waals surface area contributed by atoms with Crippen molar-refractivity contribution in [2.45, 2.75) is 46.8 Å². The standard InChI is InChI=1S/C26H29N5O4/c1-5-19-8-6-7-9-22(19)35-15-24(32)28-20-11-10-18(4)23(12-20)34-14-21-13-25(33)31-26(29-21)27-16-30(31)17(2)3/h6-13,16-17H,5,14-15H2,1-4H3,(H,28,32). The van der Waals surface area contributed by atoms with Gasteiger partial charge in [0, 0.05) is 23.9 Å². The molecular formula is C26H29N5O4. The Morgan fingerprint density at radius 3 is 2.66 bits per heavy atom. The molecule has 4 rings (SSSR count). The molecule has 0 aliphatic heterocycles. The number of ether oxygens (including phenoxy) is 2. The fraction of sp³-hybridized carbons (Fsp3) is 0.308. The van der Waals surface area contributed by atoms with Crippen LogP contribution in [0.4, 0.5) is 5.69 Å². The van der Waals surface area contributed by atoms with Crippen LogP contribution in [0.2, 0.25) is 0 Å². The van der Waals surface area contributed by atoms with Crippen molar-refractivity contribution in [2.24, 2.45) is 0 Å². The molecule has 0 aliphatic carbocycles. The molecule has 0 radical (unpaired) electrons. The molecule has 0 spiro atoms. The number of benzene rings is 2. The van der Waals surface area contributed by atoms with E-state index in [-0.39, 0.29) is 30.7 Å². The second-order valence-corrected chi connectivity index (χ2v) is 8.48. The molecule has 4 aromatic rings. The number of nitrogens with zero attached hydrogens (tertiary/aromatic N) is 4. The molecule has 1 amide bonds. The minimum absolute atomic E-state index is 0.0778. The lowest BCUT2D eigenvalue weighted by molar-refractivity contribution is -0.118. The third kappa shape index (κ3) is 5.51. The first kappa shape index (κ1) is 24.0. The van der Waals surface area contributed by atoms with Gasteiger partial charge in [0.15, 0.2) is 6.61 Å². The number of nitrogens with one attached hydrogen (secondary N) is 1. The maximum Gasteiger partial charge on any atom is 0.274 e. The quantitative estimate of drug-likeness (QED) is 0.394. The topological polar surface area (TPSA) is 99.7 Å². The van der Waals surface area contributed by atoms with Crippen molar-refractivity contribution in [3.63, 3.8) is 0 Å². The number of para-hydroxylation sites is 1. The van der Waals surface area contributed by atoms with Gasteiger partial charge in [0.05, 0.1) is 5.69 Å². The number of hydrogen-bond donors (Lipinski definition) is 1. The van der Waals surface area contributed by atoms with E-state index in [1.165, 1.54) is 10.6 Å². The molecule has 2 heterocycles. The smallest absolute Gasteiger partial charge is 0.274 e. The third-order valence-corrected chi connectivity index (χ3v) is 5.54. The van der Waals surface area contributed by atoms with Crippen LogP contribution in [0.25, 0.3) is 5.78 Å². The lowest BCUT2D eigenvalue weighted by Gasteiger charge is -2.13. The molecule has 0 fully saturated rings. The van der Waals surface area contributed by atoms with Gasteiger partial charge < -0.3 is 14.8 Å². The first-order valence-corrected chi connectivity index (χ1v) is 11.6. The average molecular weight is 476 g/mol. The molecule has 0 bridgehead atoms. The predicted octanol–water partition coefficient (Wildman–Crippen LogP) is 3.94. The Kier molecular flexibility index (Phi) is 7.14. The highest BCUT2D eigenvalue weighted by atomic mass is 16.5. The summed E-state index contributed by atoms with van der Waals surface area (Å²) >= 11 is 0. The van der Waals surface area contributed by atoms with Gasteiger partial charge in [-0.25, -0.2) is 4.98 Å². The Labute approximate surface area is 203 Å². The zero-order chi connectivity index (χ0) is 24.9. The van der Waals surface area contributed by atoms with Crippen molar-refractivity contribution < 1.29 is 14.3 Å². The number of hydrogen-bond acceptors (Lipinski definition) is 6. The predicted molar refractivity (Wildman–Crippen MR) is 133 cm³/mol. The minimum atomic E-state index is -0.272. The Bertz CT molecular complexity index is 1410. The minimum Gasteiger partial charge on any atom is -0.487 e. The van der Waals surface area contributed by atoms with E-state index in [2.05, 4.69) is 15.3 Å². The Morgan fingerprint density at radius 1 is 1.09 bits per heavy atom. The molecule has 0 saturated heterocycles. The van der Waals surface area contributed by atoms with Crippen LogP contribution in [-0.2, 0) is 17.8 Å². The number of fused-ring (bicyclic) bond motifs is 1. The average Bonchev–Trinajstić information content (AvgIpc) is 3.28. The molecule has 0 unspecified atom stereocenters. The van der Waals surface area contributed by atoms with E-state index in [4.69, 9.17) is 9.47 Å². The van der Waals surface area contributed by atoms with Gasteiger partial charge in [-0.1, -0.05) is 31.2 Å². The van der Waals surface area contributed by atoms with Crippen LogP contribution in [-0.4, -0.2) is 31.7 Å². The van der Waals surface area contributed by atoms with Crippen LogP contribution in [0.3, 0.4) is 0 Å². The third-order valence-electron chi connectivity index (χ3n) is 5.54. The van der Waals surface area contributed by atoms with Crippen molar-refractivity contribution in [3.8, 4) is 11.5 Å². The molecule has 9 heteroatoms. The van der Waals surface area contributed by atoms with Crippen molar-refractivity contribution >= 4 is 17.4 Å². The highest BCUT2D eigenvalue weighted by Crippen LogP contribution is 2.24. The Hall–Kier alpha value is -4.14. The molecule has 0 saturated carbocycles. The Balaban J connectivity index is 1.41. The highest BCUT2D eigenvalue weighted by Gasteiger charge is 2.12. The summed E-state index contributed by atoms with van der Waals surface area (Å²) in [4.78, 5) is 33.7. The number of anilines is 1. The second kappa shape index (κ2) is 10.4. The van der Waals surface area contributed by atoms with Crippen molar-refractivity contribution in [1.82, 2.24) is 19.2 Å². The summed E-state index contributed by atoms with van der Waals surface area (Å²) in [6, 6.07) is 14.6. The zero-order valence-corrected chi connectivity index (χ0v) is 20.3. The molecular weight excluding hydrogens is 446 g/mol. The number of aryl methyl sites for hydroxylation is 2. The van der Waals surface area contributed by atoms with Crippen LogP contribution in [0.15, 0.2) is 59.7 Å². The summed E-state index contributed by atoms with van der Waals surface area (Å²) < 4.78 is 14.8. The van der Waals surface area contributed by atoms with Gasteiger partial charge >= 0.3 is 0 Å². The summed E-state index contributed by atoms with van der Waals surface area (Å²) in [5, 5.41) is 2.84. The van der Waals surface area contributed by atoms with E-state index in [1.807, 2.05) is 58.0 Å². The molecule has 182 valence electrons. The van der Waals surface area contributed by atoms with Crippen LogP contribution < -0.4 is 20.3 Å². The maximum absolute atomic E-state index is 12.6. The first-order chi connectivity index (χ1) is 16.9.